The average Bonchev–Trinajstić information content (AvgIpc) is 2.91. The van der Waals surface area contributed by atoms with Gasteiger partial charge in [0.2, 0.25) is 5.91 Å². The zero-order valence-electron chi connectivity index (χ0n) is 12.4. The molecule has 0 atom stereocenters. The van der Waals surface area contributed by atoms with E-state index < -0.39 is 6.03 Å². The van der Waals surface area contributed by atoms with Gasteiger partial charge in [-0.2, -0.15) is 0 Å². The van der Waals surface area contributed by atoms with Crippen LogP contribution in [0, 0.1) is 0 Å². The molecule has 2 N–H and O–H groups in total. The number of imide groups is 1. The van der Waals surface area contributed by atoms with Gasteiger partial charge in [0.1, 0.15) is 5.76 Å². The Labute approximate surface area is 124 Å². The lowest BCUT2D eigenvalue weighted by Crippen LogP contribution is -2.47. The molecule has 1 aliphatic rings. The third-order valence-corrected chi connectivity index (χ3v) is 3.61. The number of carbonyl (C=O) groups excluding carboxylic acids is 2. The second-order valence-corrected chi connectivity index (χ2v) is 5.61. The van der Waals surface area contributed by atoms with Crippen LogP contribution in [0.3, 0.4) is 0 Å². The Morgan fingerprint density at radius 2 is 2.10 bits per heavy atom. The van der Waals surface area contributed by atoms with Gasteiger partial charge in [-0.25, -0.2) is 4.79 Å². The fourth-order valence-electron chi connectivity index (χ4n) is 2.60. The summed E-state index contributed by atoms with van der Waals surface area (Å²) in [6.07, 6.45) is 7.12. The number of nitrogens with zero attached hydrogens (tertiary/aromatic N) is 1. The summed E-state index contributed by atoms with van der Waals surface area (Å²) in [7, 11) is 1.81. The zero-order chi connectivity index (χ0) is 15.1. The summed E-state index contributed by atoms with van der Waals surface area (Å²) in [6.45, 7) is 0.684. The first kappa shape index (κ1) is 15.6. The number of nitrogens with one attached hydrogen (secondary N) is 2. The minimum absolute atomic E-state index is 0.152. The Morgan fingerprint density at radius 3 is 2.76 bits per heavy atom. The van der Waals surface area contributed by atoms with E-state index in [1.165, 1.54) is 6.42 Å². The number of urea groups is 1. The Kier molecular flexibility index (Phi) is 5.80. The molecule has 0 radical (unpaired) electrons. The fourth-order valence-corrected chi connectivity index (χ4v) is 2.60. The average molecular weight is 293 g/mol. The van der Waals surface area contributed by atoms with Crippen LogP contribution in [0.2, 0.25) is 0 Å². The van der Waals surface area contributed by atoms with Crippen LogP contribution in [-0.4, -0.2) is 36.5 Å². The van der Waals surface area contributed by atoms with E-state index >= 15 is 0 Å². The maximum atomic E-state index is 11.8. The zero-order valence-corrected chi connectivity index (χ0v) is 12.4. The molecule has 2 rings (SSSR count). The molecule has 21 heavy (non-hydrogen) atoms. The standard InChI is InChI=1S/C15H23N3O3/c1-18(10-13-8-5-9-21-13)11-14(19)17-15(20)16-12-6-3-2-4-7-12/h5,8-9,12H,2-4,6-7,10-11H2,1H3,(H2,16,17,19,20). The highest BCUT2D eigenvalue weighted by Gasteiger charge is 2.17. The number of likely N-dealkylation sites (N-methyl/N-ethyl adjacent to an activating group) is 1. The topological polar surface area (TPSA) is 74.6 Å². The minimum atomic E-state index is -0.390. The molecule has 0 saturated heterocycles. The van der Waals surface area contributed by atoms with E-state index in [-0.39, 0.29) is 18.5 Å². The lowest BCUT2D eigenvalue weighted by atomic mass is 9.96. The van der Waals surface area contributed by atoms with E-state index in [4.69, 9.17) is 4.42 Å². The van der Waals surface area contributed by atoms with Crippen molar-refractivity contribution in [3.63, 3.8) is 0 Å². The van der Waals surface area contributed by atoms with Crippen molar-refractivity contribution in [2.75, 3.05) is 13.6 Å². The van der Waals surface area contributed by atoms with Gasteiger partial charge in [-0.15, -0.1) is 0 Å². The van der Waals surface area contributed by atoms with E-state index in [1.807, 2.05) is 6.07 Å². The summed E-state index contributed by atoms with van der Waals surface area (Å²) in [4.78, 5) is 25.3. The molecule has 116 valence electrons. The number of hydrogen-bond acceptors (Lipinski definition) is 4. The maximum Gasteiger partial charge on any atom is 0.321 e. The van der Waals surface area contributed by atoms with Gasteiger partial charge in [0.25, 0.3) is 0 Å². The normalized spacial score (nSPS) is 15.9. The van der Waals surface area contributed by atoms with Crippen molar-refractivity contribution in [2.24, 2.45) is 0 Å². The van der Waals surface area contributed by atoms with Crippen LogP contribution >= 0.6 is 0 Å². The number of rotatable bonds is 5. The van der Waals surface area contributed by atoms with Crippen molar-refractivity contribution in [1.29, 1.82) is 0 Å². The maximum absolute atomic E-state index is 11.8. The van der Waals surface area contributed by atoms with Crippen molar-refractivity contribution in [3.05, 3.63) is 24.2 Å². The second kappa shape index (κ2) is 7.83. The van der Waals surface area contributed by atoms with Crippen molar-refractivity contribution in [2.45, 2.75) is 44.7 Å². The summed E-state index contributed by atoms with van der Waals surface area (Å²) >= 11 is 0. The van der Waals surface area contributed by atoms with Crippen LogP contribution in [0.4, 0.5) is 4.79 Å². The first-order valence-corrected chi connectivity index (χ1v) is 7.45. The predicted octanol–water partition coefficient (Wildman–Crippen LogP) is 1.87. The molecule has 1 fully saturated rings. The van der Waals surface area contributed by atoms with Crippen LogP contribution in [0.1, 0.15) is 37.9 Å². The number of amides is 3. The van der Waals surface area contributed by atoms with Crippen molar-refractivity contribution < 1.29 is 14.0 Å². The molecule has 1 aromatic heterocycles. The van der Waals surface area contributed by atoms with Crippen LogP contribution in [0.25, 0.3) is 0 Å². The Bertz CT molecular complexity index is 453. The van der Waals surface area contributed by atoms with E-state index in [1.54, 1.807) is 24.3 Å². The first-order valence-electron chi connectivity index (χ1n) is 7.45. The third kappa shape index (κ3) is 5.59. The van der Waals surface area contributed by atoms with Crippen LogP contribution < -0.4 is 10.6 Å². The van der Waals surface area contributed by atoms with E-state index in [2.05, 4.69) is 10.6 Å². The molecule has 0 aliphatic heterocycles. The first-order chi connectivity index (χ1) is 10.1. The molecule has 0 aromatic carbocycles. The number of hydrogen-bond donors (Lipinski definition) is 2. The van der Waals surface area contributed by atoms with E-state index in [9.17, 15) is 9.59 Å². The van der Waals surface area contributed by atoms with Crippen molar-refractivity contribution >= 4 is 11.9 Å². The smallest absolute Gasteiger partial charge is 0.321 e. The molecular weight excluding hydrogens is 270 g/mol. The number of carbonyl (C=O) groups is 2. The van der Waals surface area contributed by atoms with Crippen LogP contribution in [0.15, 0.2) is 22.8 Å². The molecule has 3 amide bonds. The Hall–Kier alpha value is -1.82. The molecule has 0 bridgehead atoms. The molecule has 0 unspecified atom stereocenters. The summed E-state index contributed by atoms with van der Waals surface area (Å²) in [5, 5.41) is 5.24. The molecule has 1 saturated carbocycles. The summed E-state index contributed by atoms with van der Waals surface area (Å²) < 4.78 is 5.21. The Morgan fingerprint density at radius 1 is 1.33 bits per heavy atom. The van der Waals surface area contributed by atoms with E-state index in [0.29, 0.717) is 6.54 Å². The molecule has 6 heteroatoms. The summed E-state index contributed by atoms with van der Waals surface area (Å²) in [5.74, 6) is 0.481. The SMILES string of the molecule is CN(CC(=O)NC(=O)NC1CCCCC1)Cc1ccco1. The molecule has 1 aliphatic carbocycles. The summed E-state index contributed by atoms with van der Waals surface area (Å²) in [6, 6.07) is 3.47. The number of furan rings is 1. The van der Waals surface area contributed by atoms with Crippen LogP contribution in [0.5, 0.6) is 0 Å². The van der Waals surface area contributed by atoms with Crippen molar-refractivity contribution in [1.82, 2.24) is 15.5 Å². The highest BCUT2D eigenvalue weighted by Crippen LogP contribution is 2.17. The van der Waals surface area contributed by atoms with Gasteiger partial charge in [0, 0.05) is 6.04 Å². The van der Waals surface area contributed by atoms with E-state index in [0.717, 1.165) is 31.4 Å². The third-order valence-electron chi connectivity index (χ3n) is 3.61. The fraction of sp³-hybridized carbons (Fsp3) is 0.600. The van der Waals surface area contributed by atoms with Gasteiger partial charge >= 0.3 is 6.03 Å². The minimum Gasteiger partial charge on any atom is -0.468 e. The molecular formula is C15H23N3O3. The van der Waals surface area contributed by atoms with Gasteiger partial charge < -0.3 is 9.73 Å². The quantitative estimate of drug-likeness (QED) is 0.869. The van der Waals surface area contributed by atoms with Gasteiger partial charge in [-0.05, 0) is 32.0 Å². The summed E-state index contributed by atoms with van der Waals surface area (Å²) in [5.41, 5.74) is 0. The predicted molar refractivity (Wildman–Crippen MR) is 78.6 cm³/mol. The van der Waals surface area contributed by atoms with Gasteiger partial charge in [0.05, 0.1) is 19.4 Å². The monoisotopic (exact) mass is 293 g/mol. The molecule has 1 heterocycles. The highest BCUT2D eigenvalue weighted by atomic mass is 16.3. The van der Waals surface area contributed by atoms with Gasteiger partial charge in [-0.3, -0.25) is 15.0 Å². The largest absolute Gasteiger partial charge is 0.468 e. The highest BCUT2D eigenvalue weighted by molar-refractivity contribution is 5.95. The van der Waals surface area contributed by atoms with Gasteiger partial charge in [0.15, 0.2) is 0 Å². The molecule has 1 aromatic rings. The molecule has 6 nitrogen and oxygen atoms in total. The second-order valence-electron chi connectivity index (χ2n) is 5.61. The van der Waals surface area contributed by atoms with Crippen molar-refractivity contribution in [3.8, 4) is 0 Å². The van der Waals surface area contributed by atoms with Gasteiger partial charge in [-0.1, -0.05) is 19.3 Å². The Balaban J connectivity index is 1.66. The lowest BCUT2D eigenvalue weighted by molar-refractivity contribution is -0.121. The van der Waals surface area contributed by atoms with Crippen LogP contribution in [-0.2, 0) is 11.3 Å². The molecule has 0 spiro atoms. The lowest BCUT2D eigenvalue weighted by Gasteiger charge is -2.23.